The van der Waals surface area contributed by atoms with Crippen LogP contribution in [0.5, 0.6) is 0 Å². The Hall–Kier alpha value is -2.86. The molecule has 27 heavy (non-hydrogen) atoms. The van der Waals surface area contributed by atoms with E-state index in [2.05, 4.69) is 20.5 Å². The minimum atomic E-state index is -0.0855. The molecule has 3 aliphatic rings. The van der Waals surface area contributed by atoms with Gasteiger partial charge < -0.3 is 15.1 Å². The highest BCUT2D eigenvalue weighted by molar-refractivity contribution is 6.04. The van der Waals surface area contributed by atoms with Gasteiger partial charge in [0.05, 0.1) is 11.7 Å². The third-order valence-electron chi connectivity index (χ3n) is 5.63. The number of rotatable bonds is 4. The maximum absolute atomic E-state index is 12.9. The third-order valence-corrected chi connectivity index (χ3v) is 5.63. The van der Waals surface area contributed by atoms with E-state index >= 15 is 0 Å². The Morgan fingerprint density at radius 3 is 2.63 bits per heavy atom. The summed E-state index contributed by atoms with van der Waals surface area (Å²) in [6, 6.07) is 15.6. The van der Waals surface area contributed by atoms with E-state index in [1.165, 1.54) is 12.8 Å². The van der Waals surface area contributed by atoms with Gasteiger partial charge in [-0.1, -0.05) is 24.3 Å². The second-order valence-corrected chi connectivity index (χ2v) is 7.37. The predicted octanol–water partition coefficient (Wildman–Crippen LogP) is 3.74. The zero-order chi connectivity index (χ0) is 18.2. The number of carbonyl (C=O) groups is 1. The Morgan fingerprint density at radius 1 is 1.07 bits per heavy atom. The Morgan fingerprint density at radius 2 is 1.89 bits per heavy atom. The number of fused-ring (bicyclic) bond motifs is 4. The molecule has 6 nitrogen and oxygen atoms in total. The number of amides is 1. The van der Waals surface area contributed by atoms with E-state index in [-0.39, 0.29) is 12.1 Å². The van der Waals surface area contributed by atoms with Crippen molar-refractivity contribution in [2.24, 2.45) is 5.92 Å². The van der Waals surface area contributed by atoms with E-state index in [1.54, 1.807) is 0 Å². The van der Waals surface area contributed by atoms with Crippen LogP contribution in [0.2, 0.25) is 0 Å². The van der Waals surface area contributed by atoms with Crippen LogP contribution in [0, 0.1) is 5.92 Å². The highest BCUT2D eigenvalue weighted by atomic mass is 16.4. The average Bonchev–Trinajstić information content (AvgIpc) is 3.12. The van der Waals surface area contributed by atoms with Crippen molar-refractivity contribution in [1.29, 1.82) is 0 Å². The molecular weight excluding hydrogens is 340 g/mol. The van der Waals surface area contributed by atoms with Crippen LogP contribution >= 0.6 is 0 Å². The van der Waals surface area contributed by atoms with Gasteiger partial charge in [0.15, 0.2) is 5.58 Å². The summed E-state index contributed by atoms with van der Waals surface area (Å²) in [6.07, 6.45) is 3.68. The molecular formula is C21H22N4O2. The molecule has 3 aliphatic heterocycles. The lowest BCUT2D eigenvalue weighted by Gasteiger charge is -2.45. The maximum Gasteiger partial charge on any atom is 0.300 e. The molecule has 1 amide bonds. The number of benzene rings is 2. The summed E-state index contributed by atoms with van der Waals surface area (Å²) in [7, 11) is 0. The van der Waals surface area contributed by atoms with E-state index in [0.717, 1.165) is 31.1 Å². The van der Waals surface area contributed by atoms with Gasteiger partial charge in [0.1, 0.15) is 5.52 Å². The molecule has 1 atom stereocenters. The minimum Gasteiger partial charge on any atom is -0.423 e. The first-order valence-corrected chi connectivity index (χ1v) is 9.53. The Kier molecular flexibility index (Phi) is 4.05. The number of nitrogens with zero attached hydrogens (tertiary/aromatic N) is 2. The predicted molar refractivity (Wildman–Crippen MR) is 104 cm³/mol. The molecule has 0 radical (unpaired) electrons. The van der Waals surface area contributed by atoms with Crippen molar-refractivity contribution in [3.05, 3.63) is 54.1 Å². The van der Waals surface area contributed by atoms with Crippen molar-refractivity contribution in [3.8, 4) is 0 Å². The first-order chi connectivity index (χ1) is 13.3. The number of aromatic nitrogens is 1. The van der Waals surface area contributed by atoms with Crippen LogP contribution in [0.4, 0.5) is 11.7 Å². The van der Waals surface area contributed by atoms with Crippen LogP contribution in [0.15, 0.2) is 52.9 Å². The SMILES string of the molecule is O=C(N[C@@H]1CC2CCN1CC2)c1cccc2oc(Nc3ccccc3)nc12. The molecule has 3 fully saturated rings. The van der Waals surface area contributed by atoms with E-state index in [1.807, 2.05) is 48.5 Å². The first kappa shape index (κ1) is 16.3. The monoisotopic (exact) mass is 362 g/mol. The summed E-state index contributed by atoms with van der Waals surface area (Å²) in [6.45, 7) is 2.16. The molecule has 6 rings (SSSR count). The van der Waals surface area contributed by atoms with Crippen LogP contribution in [0.1, 0.15) is 29.6 Å². The van der Waals surface area contributed by atoms with Gasteiger partial charge in [0.2, 0.25) is 0 Å². The molecule has 138 valence electrons. The minimum absolute atomic E-state index is 0.0855. The molecule has 0 unspecified atom stereocenters. The third kappa shape index (κ3) is 3.17. The second kappa shape index (κ2) is 6.70. The molecule has 2 aromatic carbocycles. The quantitative estimate of drug-likeness (QED) is 0.740. The zero-order valence-electron chi connectivity index (χ0n) is 15.0. The molecule has 0 aliphatic carbocycles. The summed E-state index contributed by atoms with van der Waals surface area (Å²) in [5, 5.41) is 6.35. The largest absolute Gasteiger partial charge is 0.423 e. The van der Waals surface area contributed by atoms with Crippen LogP contribution in [-0.2, 0) is 0 Å². The van der Waals surface area contributed by atoms with Crippen LogP contribution in [0.25, 0.3) is 11.1 Å². The summed E-state index contributed by atoms with van der Waals surface area (Å²) < 4.78 is 5.79. The molecule has 2 N–H and O–H groups in total. The topological polar surface area (TPSA) is 70.4 Å². The number of anilines is 2. The van der Waals surface area contributed by atoms with Gasteiger partial charge in [-0.25, -0.2) is 0 Å². The maximum atomic E-state index is 12.9. The van der Waals surface area contributed by atoms with Crippen molar-refractivity contribution in [2.45, 2.75) is 25.4 Å². The van der Waals surface area contributed by atoms with Crippen molar-refractivity contribution in [2.75, 3.05) is 18.4 Å². The van der Waals surface area contributed by atoms with Crippen LogP contribution in [0.3, 0.4) is 0 Å². The number of oxazole rings is 1. The molecule has 0 saturated carbocycles. The first-order valence-electron chi connectivity index (χ1n) is 9.53. The van der Waals surface area contributed by atoms with Crippen molar-refractivity contribution in [1.82, 2.24) is 15.2 Å². The van der Waals surface area contributed by atoms with Gasteiger partial charge in [-0.15, -0.1) is 0 Å². The summed E-state index contributed by atoms with van der Waals surface area (Å²) >= 11 is 0. The molecule has 3 aromatic rings. The lowest BCUT2D eigenvalue weighted by molar-refractivity contribution is 0.0295. The number of para-hydroxylation sites is 2. The standard InChI is InChI=1S/C21H22N4O2/c26-20(23-18-13-14-9-11-25(18)12-10-14)16-7-4-8-17-19(16)24-21(27-17)22-15-5-2-1-3-6-15/h1-8,14,18H,9-13H2,(H,22,24)(H,23,26)/t18-/m0/s1. The smallest absolute Gasteiger partial charge is 0.300 e. The lowest BCUT2D eigenvalue weighted by Crippen LogP contribution is -2.56. The number of hydrogen-bond donors (Lipinski definition) is 2. The fourth-order valence-corrected chi connectivity index (χ4v) is 4.17. The average molecular weight is 362 g/mol. The molecule has 0 spiro atoms. The molecule has 2 bridgehead atoms. The van der Waals surface area contributed by atoms with E-state index in [4.69, 9.17) is 4.42 Å². The van der Waals surface area contributed by atoms with Crippen LogP contribution < -0.4 is 10.6 Å². The lowest BCUT2D eigenvalue weighted by atomic mass is 9.86. The van der Waals surface area contributed by atoms with Gasteiger partial charge in [-0.2, -0.15) is 4.98 Å². The van der Waals surface area contributed by atoms with Gasteiger partial charge in [0, 0.05) is 18.8 Å². The fourth-order valence-electron chi connectivity index (χ4n) is 4.17. The van der Waals surface area contributed by atoms with Crippen molar-refractivity contribution in [3.63, 3.8) is 0 Å². The van der Waals surface area contributed by atoms with E-state index < -0.39 is 0 Å². The van der Waals surface area contributed by atoms with Crippen molar-refractivity contribution >= 4 is 28.7 Å². The Balaban J connectivity index is 1.39. The normalized spacial score (nSPS) is 24.1. The van der Waals surface area contributed by atoms with E-state index in [0.29, 0.717) is 22.7 Å². The van der Waals surface area contributed by atoms with Gasteiger partial charge >= 0.3 is 0 Å². The summed E-state index contributed by atoms with van der Waals surface area (Å²) in [5.41, 5.74) is 2.64. The molecule has 6 heteroatoms. The number of carbonyl (C=O) groups excluding carboxylic acids is 1. The zero-order valence-corrected chi connectivity index (χ0v) is 15.0. The van der Waals surface area contributed by atoms with Gasteiger partial charge in [-0.3, -0.25) is 9.69 Å². The summed E-state index contributed by atoms with van der Waals surface area (Å²) in [4.78, 5) is 19.8. The van der Waals surface area contributed by atoms with Gasteiger partial charge in [-0.05, 0) is 49.4 Å². The fraction of sp³-hybridized carbons (Fsp3) is 0.333. The van der Waals surface area contributed by atoms with Crippen LogP contribution in [-0.4, -0.2) is 35.0 Å². The number of hydrogen-bond acceptors (Lipinski definition) is 5. The number of piperidine rings is 3. The second-order valence-electron chi connectivity index (χ2n) is 7.37. The van der Waals surface area contributed by atoms with E-state index in [9.17, 15) is 4.79 Å². The highest BCUT2D eigenvalue weighted by Gasteiger charge is 2.34. The van der Waals surface area contributed by atoms with Gasteiger partial charge in [0.25, 0.3) is 11.9 Å². The Labute approximate surface area is 157 Å². The molecule has 3 saturated heterocycles. The molecule has 1 aromatic heterocycles. The summed E-state index contributed by atoms with van der Waals surface area (Å²) in [5.74, 6) is 0.655. The number of nitrogens with one attached hydrogen (secondary N) is 2. The Bertz CT molecular complexity index is 961. The van der Waals surface area contributed by atoms with Crippen molar-refractivity contribution < 1.29 is 9.21 Å². The highest BCUT2D eigenvalue weighted by Crippen LogP contribution is 2.31. The molecule has 4 heterocycles.